The van der Waals surface area contributed by atoms with Crippen molar-refractivity contribution in [1.29, 1.82) is 0 Å². The Hall–Kier alpha value is -2.79. The van der Waals surface area contributed by atoms with Gasteiger partial charge in [0.1, 0.15) is 30.6 Å². The molecular weight excluding hydrogens is 360 g/mol. The third-order valence-corrected chi connectivity index (χ3v) is 4.42. The quantitative estimate of drug-likeness (QED) is 0.417. The van der Waals surface area contributed by atoms with Gasteiger partial charge in [0.05, 0.1) is 6.61 Å². The van der Waals surface area contributed by atoms with E-state index in [1.165, 1.54) is 24.3 Å². The Morgan fingerprint density at radius 1 is 0.964 bits per heavy atom. The summed E-state index contributed by atoms with van der Waals surface area (Å²) in [4.78, 5) is 0. The van der Waals surface area contributed by atoms with Gasteiger partial charge in [-0.25, -0.2) is 13.4 Å². The molecule has 0 bridgehead atoms. The van der Waals surface area contributed by atoms with E-state index in [1.54, 1.807) is 24.3 Å². The van der Waals surface area contributed by atoms with Gasteiger partial charge in [0, 0.05) is 17.2 Å². The monoisotopic (exact) mass is 384 g/mol. The van der Waals surface area contributed by atoms with Crippen molar-refractivity contribution < 1.29 is 22.8 Å². The number of hydrogen-bond acceptors (Lipinski definition) is 2. The van der Waals surface area contributed by atoms with E-state index in [0.717, 1.165) is 29.9 Å². The Balaban J connectivity index is 1.92. The van der Waals surface area contributed by atoms with Crippen LogP contribution in [0.2, 0.25) is 0 Å². The maximum Gasteiger partial charge on any atom is 0.207 e. The number of ether oxygens (including phenoxy) is 2. The van der Waals surface area contributed by atoms with Crippen LogP contribution in [0.4, 0.5) is 8.78 Å². The van der Waals surface area contributed by atoms with Crippen molar-refractivity contribution >= 4 is 11.5 Å². The van der Waals surface area contributed by atoms with Gasteiger partial charge in [0.25, 0.3) is 0 Å². The van der Waals surface area contributed by atoms with Crippen LogP contribution in [-0.4, -0.2) is 43.2 Å². The third kappa shape index (κ3) is 5.36. The van der Waals surface area contributed by atoms with Gasteiger partial charge in [0.15, 0.2) is 13.1 Å². The summed E-state index contributed by atoms with van der Waals surface area (Å²) < 4.78 is 39.9. The summed E-state index contributed by atoms with van der Waals surface area (Å²) in [6.45, 7) is 5.29. The lowest BCUT2D eigenvalue weighted by Gasteiger charge is -2.14. The van der Waals surface area contributed by atoms with Gasteiger partial charge < -0.3 is 9.47 Å². The molecule has 1 aliphatic rings. The van der Waals surface area contributed by atoms with E-state index >= 15 is 0 Å². The summed E-state index contributed by atoms with van der Waals surface area (Å²) in [6, 6.07) is 12.7. The average molecular weight is 384 g/mol. The molecular formula is C23H24F2NO2+. The Bertz CT molecular complexity index is 860. The van der Waals surface area contributed by atoms with E-state index in [4.69, 9.17) is 9.47 Å². The fourth-order valence-corrected chi connectivity index (χ4v) is 3.03. The number of hydrogen-bond donors (Lipinski definition) is 0. The van der Waals surface area contributed by atoms with Crippen molar-refractivity contribution in [2.75, 3.05) is 32.9 Å². The summed E-state index contributed by atoms with van der Waals surface area (Å²) in [5, 5.41) is 0. The molecule has 146 valence electrons. The van der Waals surface area contributed by atoms with Crippen molar-refractivity contribution in [3.63, 3.8) is 0 Å². The van der Waals surface area contributed by atoms with E-state index in [-0.39, 0.29) is 11.6 Å². The fourth-order valence-electron chi connectivity index (χ4n) is 3.03. The van der Waals surface area contributed by atoms with Gasteiger partial charge in [-0.15, -0.1) is 0 Å². The Labute approximate surface area is 164 Å². The predicted octanol–water partition coefficient (Wildman–Crippen LogP) is 4.43. The molecule has 1 saturated heterocycles. The van der Waals surface area contributed by atoms with Crippen LogP contribution in [0.5, 0.6) is 0 Å². The number of benzene rings is 2. The molecule has 1 heterocycles. The minimum Gasteiger partial charge on any atom is -0.493 e. The van der Waals surface area contributed by atoms with Gasteiger partial charge in [0.2, 0.25) is 5.71 Å². The Morgan fingerprint density at radius 2 is 1.54 bits per heavy atom. The molecule has 2 aromatic rings. The molecule has 0 amide bonds. The molecule has 0 saturated carbocycles. The van der Waals surface area contributed by atoms with E-state index in [2.05, 4.69) is 4.58 Å². The molecule has 0 spiro atoms. The molecule has 5 heteroatoms. The highest BCUT2D eigenvalue weighted by molar-refractivity contribution is 6.05. The summed E-state index contributed by atoms with van der Waals surface area (Å²) >= 11 is 0. The maximum atomic E-state index is 13.3. The van der Waals surface area contributed by atoms with E-state index in [0.29, 0.717) is 25.6 Å². The first-order valence-corrected chi connectivity index (χ1v) is 9.40. The second-order valence-electron chi connectivity index (χ2n) is 6.32. The van der Waals surface area contributed by atoms with Gasteiger partial charge in [-0.1, -0.05) is 6.08 Å². The molecule has 2 aromatic carbocycles. The van der Waals surface area contributed by atoms with Crippen LogP contribution in [0.1, 0.15) is 18.1 Å². The predicted molar refractivity (Wildman–Crippen MR) is 106 cm³/mol. The first-order chi connectivity index (χ1) is 13.7. The topological polar surface area (TPSA) is 21.5 Å². The third-order valence-electron chi connectivity index (χ3n) is 4.42. The summed E-state index contributed by atoms with van der Waals surface area (Å²) in [7, 11) is 0. The highest BCUT2D eigenvalue weighted by atomic mass is 19.1. The Kier molecular flexibility index (Phi) is 7.09. The summed E-state index contributed by atoms with van der Waals surface area (Å²) in [5.74, 6) is 0.123. The lowest BCUT2D eigenvalue weighted by Crippen LogP contribution is -2.33. The van der Waals surface area contributed by atoms with Crippen LogP contribution in [0.15, 0.2) is 66.8 Å². The van der Waals surface area contributed by atoms with Crippen LogP contribution in [0.3, 0.4) is 0 Å². The zero-order chi connectivity index (χ0) is 19.8. The smallest absolute Gasteiger partial charge is 0.207 e. The molecule has 1 aliphatic heterocycles. The van der Waals surface area contributed by atoms with Gasteiger partial charge in [-0.2, -0.15) is 0 Å². The van der Waals surface area contributed by atoms with Crippen LogP contribution < -0.4 is 0 Å². The molecule has 0 N–H and O–H groups in total. The second-order valence-corrected chi connectivity index (χ2v) is 6.32. The number of nitrogens with zero attached hydrogens (tertiary/aromatic N) is 1. The molecule has 28 heavy (non-hydrogen) atoms. The van der Waals surface area contributed by atoms with E-state index in [9.17, 15) is 8.78 Å². The number of morpholine rings is 1. The van der Waals surface area contributed by atoms with Crippen LogP contribution >= 0.6 is 0 Å². The minimum absolute atomic E-state index is 0.260. The van der Waals surface area contributed by atoms with Crippen LogP contribution in [0, 0.1) is 11.6 Å². The van der Waals surface area contributed by atoms with Crippen LogP contribution in [0.25, 0.3) is 5.76 Å². The Morgan fingerprint density at radius 3 is 2.11 bits per heavy atom. The van der Waals surface area contributed by atoms with Crippen molar-refractivity contribution in [3.8, 4) is 0 Å². The molecule has 3 rings (SSSR count). The molecule has 0 aromatic heterocycles. The van der Waals surface area contributed by atoms with Crippen molar-refractivity contribution in [2.24, 2.45) is 0 Å². The van der Waals surface area contributed by atoms with E-state index < -0.39 is 0 Å². The zero-order valence-electron chi connectivity index (χ0n) is 15.9. The number of halogens is 2. The second kappa shape index (κ2) is 9.95. The standard InChI is InChI=1S/C23H24F2NO2/c1-2-28-23(19-8-12-21(25)13-9-19)5-3-4-22(26-14-16-27-17-15-26)18-6-10-20(24)11-7-18/h3-13H,2,14-17H2,1H3/q+1/b4-3+,23-5+. The molecule has 1 fully saturated rings. The minimum atomic E-state index is -0.283. The first-order valence-electron chi connectivity index (χ1n) is 9.40. The van der Waals surface area contributed by atoms with Crippen molar-refractivity contribution in [2.45, 2.75) is 6.92 Å². The molecule has 0 radical (unpaired) electrons. The average Bonchev–Trinajstić information content (AvgIpc) is 2.73. The molecule has 0 unspecified atom stereocenters. The van der Waals surface area contributed by atoms with Crippen molar-refractivity contribution in [3.05, 3.63) is 89.5 Å². The highest BCUT2D eigenvalue weighted by Gasteiger charge is 2.18. The maximum absolute atomic E-state index is 13.3. The van der Waals surface area contributed by atoms with Gasteiger partial charge in [-0.05, 0) is 61.5 Å². The number of rotatable bonds is 6. The lowest BCUT2D eigenvalue weighted by molar-refractivity contribution is -0.548. The SMILES string of the molecule is CCO/C(=C/C=C/C(c1ccc(F)cc1)=[N+]1CCOCC1)c1ccc(F)cc1. The highest BCUT2D eigenvalue weighted by Crippen LogP contribution is 2.17. The molecule has 0 atom stereocenters. The largest absolute Gasteiger partial charge is 0.493 e. The zero-order valence-corrected chi connectivity index (χ0v) is 15.9. The molecule has 3 nitrogen and oxygen atoms in total. The summed E-state index contributed by atoms with van der Waals surface area (Å²) in [5.41, 5.74) is 2.74. The van der Waals surface area contributed by atoms with Gasteiger partial charge in [-0.3, -0.25) is 0 Å². The van der Waals surface area contributed by atoms with Crippen molar-refractivity contribution in [1.82, 2.24) is 0 Å². The summed E-state index contributed by atoms with van der Waals surface area (Å²) in [6.07, 6.45) is 5.75. The lowest BCUT2D eigenvalue weighted by atomic mass is 10.1. The van der Waals surface area contributed by atoms with Gasteiger partial charge >= 0.3 is 0 Å². The van der Waals surface area contributed by atoms with E-state index in [1.807, 2.05) is 25.2 Å². The van der Waals surface area contributed by atoms with Crippen LogP contribution in [-0.2, 0) is 9.47 Å². The normalized spacial score (nSPS) is 15.1. The first kappa shape index (κ1) is 20.0. The molecule has 0 aliphatic carbocycles. The number of allylic oxidation sites excluding steroid dienone is 3. The fraction of sp³-hybridized carbons (Fsp3) is 0.261.